The van der Waals surface area contributed by atoms with E-state index < -0.39 is 0 Å². The largest absolute Gasteiger partial charge is 0.507 e. The third kappa shape index (κ3) is 5.82. The minimum absolute atomic E-state index is 0.0536. The molecule has 6 nitrogen and oxygen atoms in total. The number of aromatic nitrogens is 1. The maximum Gasteiger partial charge on any atom is 0.257 e. The van der Waals surface area contributed by atoms with E-state index >= 15 is 0 Å². The lowest BCUT2D eigenvalue weighted by molar-refractivity contribution is 0.0634. The van der Waals surface area contributed by atoms with Crippen LogP contribution in [0.15, 0.2) is 72.9 Å². The highest BCUT2D eigenvalue weighted by atomic mass is 16.3. The summed E-state index contributed by atoms with van der Waals surface area (Å²) in [7, 11) is 0. The molecule has 1 N–H and O–H groups in total. The molecule has 0 aliphatic carbocycles. The number of anilines is 1. The van der Waals surface area contributed by atoms with E-state index in [1.165, 1.54) is 5.56 Å². The normalized spacial score (nSPS) is 19.0. The molecule has 2 aliphatic rings. The monoisotopic (exact) mass is 470 g/mol. The standard InChI is InChI=1S/C29H34N4O2/c34-27-12-11-24(19-23-7-2-1-3-8-23)20-26(27)29(35)33-14-6-9-25(22-33)21-31-15-17-32(18-16-31)28-10-4-5-13-30-28/h1-5,7-8,10-13,20,25,34H,6,9,14-19,21-22H2/t25-/m0/s1. The third-order valence-corrected chi connectivity index (χ3v) is 7.21. The lowest BCUT2D eigenvalue weighted by atomic mass is 9.95. The maximum absolute atomic E-state index is 13.4. The zero-order chi connectivity index (χ0) is 24.0. The molecule has 1 atom stereocenters. The van der Waals surface area contributed by atoms with Crippen LogP contribution >= 0.6 is 0 Å². The van der Waals surface area contributed by atoms with Crippen molar-refractivity contribution in [1.29, 1.82) is 0 Å². The van der Waals surface area contributed by atoms with Crippen LogP contribution in [0.2, 0.25) is 0 Å². The molecule has 6 heteroatoms. The van der Waals surface area contributed by atoms with E-state index in [2.05, 4.69) is 33.0 Å². The number of benzene rings is 2. The number of hydrogen-bond acceptors (Lipinski definition) is 5. The number of rotatable bonds is 6. The topological polar surface area (TPSA) is 59.9 Å². The van der Waals surface area contributed by atoms with Gasteiger partial charge in [0.2, 0.25) is 0 Å². The molecule has 0 bridgehead atoms. The van der Waals surface area contributed by atoms with Crippen molar-refractivity contribution in [3.8, 4) is 5.75 Å². The van der Waals surface area contributed by atoms with Gasteiger partial charge in [-0.3, -0.25) is 9.69 Å². The molecule has 35 heavy (non-hydrogen) atoms. The summed E-state index contributed by atoms with van der Waals surface area (Å²) in [6.07, 6.45) is 4.75. The van der Waals surface area contributed by atoms with E-state index in [9.17, 15) is 9.90 Å². The minimum atomic E-state index is -0.0536. The smallest absolute Gasteiger partial charge is 0.257 e. The number of piperazine rings is 1. The van der Waals surface area contributed by atoms with Crippen molar-refractivity contribution in [2.45, 2.75) is 19.3 Å². The third-order valence-electron chi connectivity index (χ3n) is 7.21. The molecule has 2 aliphatic heterocycles. The number of phenolic OH excluding ortho intramolecular Hbond substituents is 1. The Morgan fingerprint density at radius 1 is 0.914 bits per heavy atom. The number of piperidine rings is 1. The molecule has 182 valence electrons. The van der Waals surface area contributed by atoms with Crippen LogP contribution in [-0.2, 0) is 6.42 Å². The molecule has 2 saturated heterocycles. The zero-order valence-corrected chi connectivity index (χ0v) is 20.2. The van der Waals surface area contributed by atoms with Gasteiger partial charge in [0, 0.05) is 52.0 Å². The highest BCUT2D eigenvalue weighted by molar-refractivity contribution is 5.97. The van der Waals surface area contributed by atoms with Crippen LogP contribution in [0.1, 0.15) is 34.3 Å². The molecule has 3 heterocycles. The van der Waals surface area contributed by atoms with Gasteiger partial charge in [0.1, 0.15) is 11.6 Å². The number of phenols is 1. The molecule has 1 aromatic heterocycles. The second-order valence-corrected chi connectivity index (χ2v) is 9.75. The van der Waals surface area contributed by atoms with Gasteiger partial charge in [0.25, 0.3) is 5.91 Å². The Morgan fingerprint density at radius 3 is 2.49 bits per heavy atom. The number of amides is 1. The molecule has 1 amide bonds. The predicted octanol–water partition coefficient (Wildman–Crippen LogP) is 4.05. The highest BCUT2D eigenvalue weighted by Crippen LogP contribution is 2.26. The van der Waals surface area contributed by atoms with Gasteiger partial charge in [-0.15, -0.1) is 0 Å². The van der Waals surface area contributed by atoms with Crippen LogP contribution in [0.25, 0.3) is 0 Å². The number of carbonyl (C=O) groups excluding carboxylic acids is 1. The van der Waals surface area contributed by atoms with Gasteiger partial charge >= 0.3 is 0 Å². The van der Waals surface area contributed by atoms with E-state index in [-0.39, 0.29) is 11.7 Å². The van der Waals surface area contributed by atoms with Crippen LogP contribution in [0.3, 0.4) is 0 Å². The van der Waals surface area contributed by atoms with Gasteiger partial charge in [-0.25, -0.2) is 4.98 Å². The summed E-state index contributed by atoms with van der Waals surface area (Å²) in [6, 6.07) is 21.7. The first-order valence-electron chi connectivity index (χ1n) is 12.7. The molecule has 0 radical (unpaired) electrons. The molecule has 0 unspecified atom stereocenters. The van der Waals surface area contributed by atoms with E-state index in [1.807, 2.05) is 53.6 Å². The lowest BCUT2D eigenvalue weighted by Gasteiger charge is -2.39. The van der Waals surface area contributed by atoms with Crippen molar-refractivity contribution in [1.82, 2.24) is 14.8 Å². The maximum atomic E-state index is 13.4. The Labute approximate surface area is 207 Å². The summed E-state index contributed by atoms with van der Waals surface area (Å²) in [5, 5.41) is 10.5. The number of pyridine rings is 1. The van der Waals surface area contributed by atoms with Crippen LogP contribution < -0.4 is 4.90 Å². The Morgan fingerprint density at radius 2 is 1.71 bits per heavy atom. The first-order valence-corrected chi connectivity index (χ1v) is 12.7. The van der Waals surface area contributed by atoms with Crippen molar-refractivity contribution in [2.75, 3.05) is 50.7 Å². The molecule has 0 saturated carbocycles. The SMILES string of the molecule is O=C(c1cc(Cc2ccccc2)ccc1O)N1CCC[C@@H](CN2CCN(c3ccccn3)CC2)C1. The van der Waals surface area contributed by atoms with E-state index in [4.69, 9.17) is 0 Å². The van der Waals surface area contributed by atoms with Gasteiger partial charge < -0.3 is 14.9 Å². The number of likely N-dealkylation sites (tertiary alicyclic amines) is 1. The summed E-state index contributed by atoms with van der Waals surface area (Å²) in [6.45, 7) is 6.52. The van der Waals surface area contributed by atoms with E-state index in [0.717, 1.165) is 76.5 Å². The summed E-state index contributed by atoms with van der Waals surface area (Å²) < 4.78 is 0. The second-order valence-electron chi connectivity index (χ2n) is 9.75. The average Bonchev–Trinajstić information content (AvgIpc) is 2.91. The highest BCUT2D eigenvalue weighted by Gasteiger charge is 2.28. The number of aromatic hydroxyl groups is 1. The van der Waals surface area contributed by atoms with Gasteiger partial charge in [-0.05, 0) is 60.6 Å². The molecular formula is C29H34N4O2. The van der Waals surface area contributed by atoms with Crippen molar-refractivity contribution in [2.24, 2.45) is 5.92 Å². The Balaban J connectivity index is 1.18. The molecule has 2 aromatic carbocycles. The van der Waals surface area contributed by atoms with Crippen LogP contribution in [0, 0.1) is 5.92 Å². The Kier molecular flexibility index (Phi) is 7.28. The molecule has 5 rings (SSSR count). The molecule has 2 fully saturated rings. The lowest BCUT2D eigenvalue weighted by Crippen LogP contribution is -2.50. The second kappa shape index (κ2) is 10.9. The van der Waals surface area contributed by atoms with Crippen molar-refractivity contribution < 1.29 is 9.90 Å². The average molecular weight is 471 g/mol. The van der Waals surface area contributed by atoms with E-state index in [0.29, 0.717) is 11.5 Å². The first kappa shape index (κ1) is 23.4. The summed E-state index contributed by atoms with van der Waals surface area (Å²) in [4.78, 5) is 24.7. The van der Waals surface area contributed by atoms with Gasteiger partial charge in [0.05, 0.1) is 5.56 Å². The van der Waals surface area contributed by atoms with Crippen LogP contribution in [-0.4, -0.2) is 71.6 Å². The first-order chi connectivity index (χ1) is 17.2. The predicted molar refractivity (Wildman–Crippen MR) is 139 cm³/mol. The fourth-order valence-electron chi connectivity index (χ4n) is 5.33. The molecule has 0 spiro atoms. The summed E-state index contributed by atoms with van der Waals surface area (Å²) >= 11 is 0. The van der Waals surface area contributed by atoms with Gasteiger partial charge in [-0.1, -0.05) is 42.5 Å². The fraction of sp³-hybridized carbons (Fsp3) is 0.379. The van der Waals surface area contributed by atoms with Crippen molar-refractivity contribution >= 4 is 11.7 Å². The van der Waals surface area contributed by atoms with Gasteiger partial charge in [0.15, 0.2) is 0 Å². The van der Waals surface area contributed by atoms with Crippen LogP contribution in [0.5, 0.6) is 5.75 Å². The number of carbonyl (C=O) groups is 1. The Bertz CT molecular complexity index is 1110. The van der Waals surface area contributed by atoms with Crippen molar-refractivity contribution in [3.63, 3.8) is 0 Å². The van der Waals surface area contributed by atoms with Crippen LogP contribution in [0.4, 0.5) is 5.82 Å². The number of hydrogen-bond donors (Lipinski definition) is 1. The molecular weight excluding hydrogens is 436 g/mol. The van der Waals surface area contributed by atoms with Crippen molar-refractivity contribution in [3.05, 3.63) is 89.6 Å². The summed E-state index contributed by atoms with van der Waals surface area (Å²) in [5.74, 6) is 1.53. The zero-order valence-electron chi connectivity index (χ0n) is 20.2. The Hall–Kier alpha value is -3.38. The summed E-state index contributed by atoms with van der Waals surface area (Å²) in [5.41, 5.74) is 2.65. The quantitative estimate of drug-likeness (QED) is 0.589. The number of nitrogens with zero attached hydrogens (tertiary/aromatic N) is 4. The molecule has 3 aromatic rings. The van der Waals surface area contributed by atoms with Gasteiger partial charge in [-0.2, -0.15) is 0 Å². The van der Waals surface area contributed by atoms with E-state index in [1.54, 1.807) is 6.07 Å². The minimum Gasteiger partial charge on any atom is -0.507 e. The fourth-order valence-corrected chi connectivity index (χ4v) is 5.33.